The Balaban J connectivity index is 1.63. The average molecular weight is 351 g/mol. The summed E-state index contributed by atoms with van der Waals surface area (Å²) >= 11 is 0. The number of anilines is 1. The zero-order chi connectivity index (χ0) is 18.5. The van der Waals surface area contributed by atoms with Gasteiger partial charge in [0.05, 0.1) is 11.7 Å². The maximum atomic E-state index is 12.3. The molecule has 26 heavy (non-hydrogen) atoms. The number of hydrogen-bond donors (Lipinski definition) is 2. The standard InChI is InChI=1S/C21H21NO4/c23-19-11-13-22(14-12-19)18-8-6-16(7-9-18)20(24)10-3-15-1-4-17(5-2-15)21(25)26/h1-10,19,23H,11-14H2,(H,25,26). The van der Waals surface area contributed by atoms with Crippen LogP contribution in [0.15, 0.2) is 54.6 Å². The minimum absolute atomic E-state index is 0.104. The highest BCUT2D eigenvalue weighted by molar-refractivity contribution is 6.07. The second-order valence-electron chi connectivity index (χ2n) is 6.39. The largest absolute Gasteiger partial charge is 0.478 e. The first kappa shape index (κ1) is 17.9. The molecule has 1 heterocycles. The Morgan fingerprint density at radius 3 is 2.08 bits per heavy atom. The maximum Gasteiger partial charge on any atom is 0.335 e. The molecule has 2 aromatic rings. The van der Waals surface area contributed by atoms with Gasteiger partial charge in [-0.3, -0.25) is 4.79 Å². The molecule has 5 nitrogen and oxygen atoms in total. The predicted octanol–water partition coefficient (Wildman–Crippen LogP) is 3.24. The predicted molar refractivity (Wildman–Crippen MR) is 101 cm³/mol. The quantitative estimate of drug-likeness (QED) is 0.639. The molecule has 0 atom stereocenters. The molecule has 1 aliphatic rings. The van der Waals surface area contributed by atoms with E-state index in [1.807, 2.05) is 12.1 Å². The van der Waals surface area contributed by atoms with Gasteiger partial charge < -0.3 is 15.1 Å². The molecule has 0 unspecified atom stereocenters. The Morgan fingerprint density at radius 2 is 1.50 bits per heavy atom. The van der Waals surface area contributed by atoms with Crippen molar-refractivity contribution in [1.29, 1.82) is 0 Å². The molecule has 1 saturated heterocycles. The van der Waals surface area contributed by atoms with Crippen LogP contribution in [0.25, 0.3) is 6.08 Å². The Morgan fingerprint density at radius 1 is 0.923 bits per heavy atom. The fraction of sp³-hybridized carbons (Fsp3) is 0.238. The number of aliphatic hydroxyl groups is 1. The van der Waals surface area contributed by atoms with Crippen LogP contribution < -0.4 is 4.90 Å². The van der Waals surface area contributed by atoms with Crippen molar-refractivity contribution in [2.24, 2.45) is 0 Å². The molecule has 3 rings (SSSR count). The van der Waals surface area contributed by atoms with Gasteiger partial charge in [-0.2, -0.15) is 0 Å². The van der Waals surface area contributed by atoms with Crippen molar-refractivity contribution in [2.45, 2.75) is 18.9 Å². The minimum Gasteiger partial charge on any atom is -0.478 e. The van der Waals surface area contributed by atoms with Crippen molar-refractivity contribution in [2.75, 3.05) is 18.0 Å². The number of ketones is 1. The Kier molecular flexibility index (Phi) is 5.49. The summed E-state index contributed by atoms with van der Waals surface area (Å²) < 4.78 is 0. The molecule has 0 aromatic heterocycles. The van der Waals surface area contributed by atoms with E-state index in [-0.39, 0.29) is 17.5 Å². The monoisotopic (exact) mass is 351 g/mol. The van der Waals surface area contributed by atoms with Gasteiger partial charge in [0.2, 0.25) is 0 Å². The van der Waals surface area contributed by atoms with Crippen LogP contribution in [0.1, 0.15) is 39.1 Å². The summed E-state index contributed by atoms with van der Waals surface area (Å²) in [6.45, 7) is 1.64. The number of benzene rings is 2. The first-order valence-electron chi connectivity index (χ1n) is 8.62. The molecule has 0 bridgehead atoms. The van der Waals surface area contributed by atoms with Gasteiger partial charge in [0.15, 0.2) is 5.78 Å². The molecule has 1 aliphatic heterocycles. The van der Waals surface area contributed by atoms with E-state index in [0.717, 1.165) is 37.2 Å². The molecule has 0 radical (unpaired) electrons. The summed E-state index contributed by atoms with van der Waals surface area (Å²) in [5.41, 5.74) is 2.65. The van der Waals surface area contributed by atoms with E-state index in [1.54, 1.807) is 30.3 Å². The second-order valence-corrected chi connectivity index (χ2v) is 6.39. The highest BCUT2D eigenvalue weighted by atomic mass is 16.4. The van der Waals surface area contributed by atoms with Gasteiger partial charge in [0.1, 0.15) is 0 Å². The Labute approximate surface area is 152 Å². The number of carbonyl (C=O) groups is 2. The van der Waals surface area contributed by atoms with E-state index in [0.29, 0.717) is 5.56 Å². The molecule has 2 aromatic carbocycles. The molecule has 5 heteroatoms. The molecule has 0 spiro atoms. The van der Waals surface area contributed by atoms with Crippen molar-refractivity contribution in [3.63, 3.8) is 0 Å². The third-order valence-corrected chi connectivity index (χ3v) is 4.57. The van der Waals surface area contributed by atoms with Crippen LogP contribution in [-0.2, 0) is 0 Å². The number of aromatic carboxylic acids is 1. The molecule has 0 aliphatic carbocycles. The lowest BCUT2D eigenvalue weighted by atomic mass is 10.1. The van der Waals surface area contributed by atoms with Gasteiger partial charge >= 0.3 is 5.97 Å². The zero-order valence-electron chi connectivity index (χ0n) is 14.3. The number of nitrogens with zero attached hydrogens (tertiary/aromatic N) is 1. The topological polar surface area (TPSA) is 77.8 Å². The second kappa shape index (κ2) is 7.97. The first-order valence-corrected chi connectivity index (χ1v) is 8.62. The van der Waals surface area contributed by atoms with E-state index < -0.39 is 5.97 Å². The van der Waals surface area contributed by atoms with Gasteiger partial charge in [-0.15, -0.1) is 0 Å². The van der Waals surface area contributed by atoms with Crippen molar-refractivity contribution in [1.82, 2.24) is 0 Å². The molecule has 0 saturated carbocycles. The van der Waals surface area contributed by atoms with Gasteiger partial charge in [-0.25, -0.2) is 4.79 Å². The summed E-state index contributed by atoms with van der Waals surface area (Å²) in [5, 5.41) is 18.5. The number of carbonyl (C=O) groups excluding carboxylic acids is 1. The third-order valence-electron chi connectivity index (χ3n) is 4.57. The smallest absolute Gasteiger partial charge is 0.335 e. The lowest BCUT2D eigenvalue weighted by molar-refractivity contribution is 0.0696. The van der Waals surface area contributed by atoms with Crippen LogP contribution in [0.5, 0.6) is 0 Å². The molecular weight excluding hydrogens is 330 g/mol. The Bertz CT molecular complexity index is 801. The van der Waals surface area contributed by atoms with E-state index in [9.17, 15) is 14.7 Å². The lowest BCUT2D eigenvalue weighted by Crippen LogP contribution is -2.35. The van der Waals surface area contributed by atoms with E-state index in [4.69, 9.17) is 5.11 Å². The van der Waals surface area contributed by atoms with Gasteiger partial charge in [-0.05, 0) is 60.9 Å². The number of piperidine rings is 1. The zero-order valence-corrected chi connectivity index (χ0v) is 14.3. The van der Waals surface area contributed by atoms with Crippen molar-refractivity contribution < 1.29 is 19.8 Å². The van der Waals surface area contributed by atoms with Crippen LogP contribution >= 0.6 is 0 Å². The number of carboxylic acid groups (broad SMARTS) is 1. The van der Waals surface area contributed by atoms with E-state index in [1.165, 1.54) is 18.2 Å². The number of carboxylic acids is 1. The number of aliphatic hydroxyl groups excluding tert-OH is 1. The summed E-state index contributed by atoms with van der Waals surface area (Å²) in [6, 6.07) is 13.8. The van der Waals surface area contributed by atoms with Gasteiger partial charge in [-0.1, -0.05) is 18.2 Å². The molecule has 1 fully saturated rings. The SMILES string of the molecule is O=C(O)c1ccc(C=CC(=O)c2ccc(N3CCC(O)CC3)cc2)cc1. The summed E-state index contributed by atoms with van der Waals surface area (Å²) in [4.78, 5) is 25.3. The van der Waals surface area contributed by atoms with Crippen LogP contribution in [0.4, 0.5) is 5.69 Å². The van der Waals surface area contributed by atoms with E-state index in [2.05, 4.69) is 4.90 Å². The lowest BCUT2D eigenvalue weighted by Gasteiger charge is -2.31. The van der Waals surface area contributed by atoms with Crippen molar-refractivity contribution in [3.05, 3.63) is 71.3 Å². The summed E-state index contributed by atoms with van der Waals surface area (Å²) in [6.07, 6.45) is 4.49. The van der Waals surface area contributed by atoms with Crippen molar-refractivity contribution >= 4 is 23.5 Å². The molecule has 134 valence electrons. The van der Waals surface area contributed by atoms with Gasteiger partial charge in [0.25, 0.3) is 0 Å². The molecule has 0 amide bonds. The summed E-state index contributed by atoms with van der Waals surface area (Å²) in [7, 11) is 0. The number of allylic oxidation sites excluding steroid dienone is 1. The molecular formula is C21H21NO4. The molecule has 2 N–H and O–H groups in total. The van der Waals surface area contributed by atoms with E-state index >= 15 is 0 Å². The highest BCUT2D eigenvalue weighted by Crippen LogP contribution is 2.21. The Hall–Kier alpha value is -2.92. The van der Waals surface area contributed by atoms with Crippen LogP contribution in [0, 0.1) is 0 Å². The summed E-state index contributed by atoms with van der Waals surface area (Å²) in [5.74, 6) is -1.08. The maximum absolute atomic E-state index is 12.3. The van der Waals surface area contributed by atoms with Crippen LogP contribution in [0.3, 0.4) is 0 Å². The first-order chi connectivity index (χ1) is 12.5. The van der Waals surface area contributed by atoms with Crippen LogP contribution in [0.2, 0.25) is 0 Å². The van der Waals surface area contributed by atoms with Crippen LogP contribution in [-0.4, -0.2) is 41.2 Å². The number of rotatable bonds is 5. The third kappa shape index (κ3) is 4.37. The average Bonchev–Trinajstić information content (AvgIpc) is 2.67. The minimum atomic E-state index is -0.972. The highest BCUT2D eigenvalue weighted by Gasteiger charge is 2.17. The van der Waals surface area contributed by atoms with Crippen molar-refractivity contribution in [3.8, 4) is 0 Å². The normalized spacial score (nSPS) is 15.3. The number of hydrogen-bond acceptors (Lipinski definition) is 4. The fourth-order valence-corrected chi connectivity index (χ4v) is 2.97. The fourth-order valence-electron chi connectivity index (χ4n) is 2.97. The van der Waals surface area contributed by atoms with Gasteiger partial charge in [0, 0.05) is 24.3 Å².